The maximum atomic E-state index is 12.0. The van der Waals surface area contributed by atoms with Crippen LogP contribution in [0, 0.1) is 0 Å². The van der Waals surface area contributed by atoms with Crippen LogP contribution >= 0.6 is 40.1 Å². The summed E-state index contributed by atoms with van der Waals surface area (Å²) in [6.45, 7) is 0.215. The van der Waals surface area contributed by atoms with Gasteiger partial charge < -0.3 is 10.6 Å². The van der Waals surface area contributed by atoms with Gasteiger partial charge in [-0.25, -0.2) is 4.68 Å². The summed E-state index contributed by atoms with van der Waals surface area (Å²) < 4.78 is 6.95. The average molecular weight is 427 g/mol. The average Bonchev–Trinajstić information content (AvgIpc) is 3.22. The van der Waals surface area contributed by atoms with E-state index in [1.165, 1.54) is 27.8 Å². The molecule has 0 aliphatic rings. The van der Waals surface area contributed by atoms with Gasteiger partial charge >= 0.3 is 0 Å². The molecule has 0 saturated carbocycles. The number of thioether (sulfide) groups is 1. The number of nitrogen functional groups attached to an aromatic ring is 1. The fraction of sp³-hybridized carbons (Fsp3) is 0.133. The number of benzene rings is 1. The fourth-order valence-corrected chi connectivity index (χ4v) is 3.32. The van der Waals surface area contributed by atoms with Gasteiger partial charge in [-0.1, -0.05) is 36.0 Å². The lowest BCUT2D eigenvalue weighted by molar-refractivity contribution is 0.102. The molecule has 2 N–H and O–H groups in total. The first-order valence-electron chi connectivity index (χ1n) is 6.81. The van der Waals surface area contributed by atoms with Crippen LogP contribution in [0.15, 0.2) is 53.0 Å². The monoisotopic (exact) mass is 426 g/mol. The van der Waals surface area contributed by atoms with E-state index in [1.807, 2.05) is 41.8 Å². The minimum absolute atomic E-state index is 0. The van der Waals surface area contributed by atoms with Crippen molar-refractivity contribution in [1.29, 1.82) is 0 Å². The molecule has 6 nitrogen and oxygen atoms in total. The molecule has 0 unspecified atom stereocenters. The first kappa shape index (κ1) is 18.5. The number of ketones is 1. The summed E-state index contributed by atoms with van der Waals surface area (Å²) >= 11 is 2.69. The number of thiophene rings is 1. The summed E-state index contributed by atoms with van der Waals surface area (Å²) in [6, 6.07) is 13.1. The van der Waals surface area contributed by atoms with Crippen LogP contribution in [0.5, 0.6) is 5.75 Å². The minimum atomic E-state index is 0. The number of carbonyl (C=O) groups excluding carboxylic acids is 1. The third kappa shape index (κ3) is 4.59. The Balaban J connectivity index is 0.00000208. The molecule has 2 heterocycles. The minimum Gasteiger partial charge on any atom is -0.486 e. The molecule has 126 valence electrons. The van der Waals surface area contributed by atoms with Crippen LogP contribution in [-0.2, 0) is 6.61 Å². The number of nitrogens with zero attached hydrogens (tertiary/aromatic N) is 3. The zero-order chi connectivity index (χ0) is 16.1. The molecular formula is C15H15BrN4O2S2. The third-order valence-electron chi connectivity index (χ3n) is 2.97. The molecule has 24 heavy (non-hydrogen) atoms. The lowest BCUT2D eigenvalue weighted by Crippen LogP contribution is -2.16. The third-order valence-corrected chi connectivity index (χ3v) is 4.83. The van der Waals surface area contributed by atoms with E-state index in [9.17, 15) is 4.79 Å². The van der Waals surface area contributed by atoms with Gasteiger partial charge in [0.1, 0.15) is 12.4 Å². The van der Waals surface area contributed by atoms with Gasteiger partial charge in [0.15, 0.2) is 11.6 Å². The molecule has 0 aliphatic heterocycles. The van der Waals surface area contributed by atoms with E-state index in [1.54, 1.807) is 6.07 Å². The molecule has 0 fully saturated rings. The number of ether oxygens (including phenoxy) is 1. The van der Waals surface area contributed by atoms with Crippen molar-refractivity contribution in [2.24, 2.45) is 0 Å². The number of hydrogen-bond donors (Lipinski definition) is 1. The number of aromatic nitrogens is 3. The smallest absolute Gasteiger partial charge is 0.210 e. The second-order valence-corrected chi connectivity index (χ2v) is 6.45. The van der Waals surface area contributed by atoms with Gasteiger partial charge in [-0.2, -0.15) is 0 Å². The fourth-order valence-electron chi connectivity index (χ4n) is 1.81. The maximum absolute atomic E-state index is 12.0. The highest BCUT2D eigenvalue weighted by molar-refractivity contribution is 8.93. The molecule has 0 spiro atoms. The predicted octanol–water partition coefficient (Wildman–Crippen LogP) is 3.19. The Morgan fingerprint density at radius 2 is 2.00 bits per heavy atom. The van der Waals surface area contributed by atoms with E-state index in [0.29, 0.717) is 11.0 Å². The molecular weight excluding hydrogens is 412 g/mol. The highest BCUT2D eigenvalue weighted by atomic mass is 79.9. The van der Waals surface area contributed by atoms with Crippen molar-refractivity contribution in [3.05, 3.63) is 58.5 Å². The normalized spacial score (nSPS) is 10.2. The number of rotatable bonds is 7. The first-order chi connectivity index (χ1) is 11.2. The van der Waals surface area contributed by atoms with Crippen molar-refractivity contribution >= 4 is 45.9 Å². The largest absolute Gasteiger partial charge is 0.486 e. The Morgan fingerprint density at radius 3 is 2.71 bits per heavy atom. The standard InChI is InChI=1S/C15H14N4O2S2.BrH/c16-19-14(9-21-11-5-2-1-3-6-11)17-18-15(19)23-10-12(20)13-7-4-8-22-13;/h1-8H,9-10,16H2;1H. The van der Waals surface area contributed by atoms with E-state index in [4.69, 9.17) is 10.6 Å². The van der Waals surface area contributed by atoms with E-state index in [-0.39, 0.29) is 35.1 Å². The molecule has 2 aromatic heterocycles. The van der Waals surface area contributed by atoms with Gasteiger partial charge in [-0.3, -0.25) is 4.79 Å². The molecule has 0 radical (unpaired) electrons. The zero-order valence-corrected chi connectivity index (χ0v) is 15.8. The predicted molar refractivity (Wildman–Crippen MR) is 101 cm³/mol. The van der Waals surface area contributed by atoms with Crippen molar-refractivity contribution in [1.82, 2.24) is 14.9 Å². The van der Waals surface area contributed by atoms with Crippen molar-refractivity contribution in [3.8, 4) is 5.75 Å². The maximum Gasteiger partial charge on any atom is 0.210 e. The van der Waals surface area contributed by atoms with Gasteiger partial charge in [0.25, 0.3) is 0 Å². The van der Waals surface area contributed by atoms with Crippen LogP contribution in [0.4, 0.5) is 0 Å². The van der Waals surface area contributed by atoms with Crippen molar-refractivity contribution in [2.45, 2.75) is 11.8 Å². The van der Waals surface area contributed by atoms with Gasteiger partial charge in [-0.15, -0.1) is 38.5 Å². The zero-order valence-electron chi connectivity index (χ0n) is 12.5. The molecule has 0 bridgehead atoms. The van der Waals surface area contributed by atoms with E-state index < -0.39 is 0 Å². The van der Waals surface area contributed by atoms with Crippen LogP contribution in [0.1, 0.15) is 15.5 Å². The van der Waals surface area contributed by atoms with Crippen LogP contribution in [0.25, 0.3) is 0 Å². The summed E-state index contributed by atoms with van der Waals surface area (Å²) in [5, 5.41) is 10.4. The van der Waals surface area contributed by atoms with E-state index in [2.05, 4.69) is 10.2 Å². The van der Waals surface area contributed by atoms with Crippen molar-refractivity contribution in [3.63, 3.8) is 0 Å². The SMILES string of the molecule is Br.Nn1c(COc2ccccc2)nnc1SCC(=O)c1cccs1. The number of para-hydroxylation sites is 1. The molecule has 0 aliphatic carbocycles. The van der Waals surface area contributed by atoms with E-state index in [0.717, 1.165) is 10.6 Å². The Morgan fingerprint density at radius 1 is 1.21 bits per heavy atom. The molecule has 3 aromatic rings. The lowest BCUT2D eigenvalue weighted by atomic mass is 10.3. The number of Topliss-reactive ketones (excluding diaryl/α,β-unsaturated/α-hetero) is 1. The molecule has 1 aromatic carbocycles. The molecule has 0 amide bonds. The summed E-state index contributed by atoms with van der Waals surface area (Å²) in [6.07, 6.45) is 0. The molecule has 3 rings (SSSR count). The molecule has 0 atom stereocenters. The summed E-state index contributed by atoms with van der Waals surface area (Å²) in [5.74, 6) is 7.51. The number of halogens is 1. The van der Waals surface area contributed by atoms with Gasteiger partial charge in [0.2, 0.25) is 5.16 Å². The summed E-state index contributed by atoms with van der Waals surface area (Å²) in [5.41, 5.74) is 0. The van der Waals surface area contributed by atoms with Crippen LogP contribution < -0.4 is 10.6 Å². The number of hydrogen-bond acceptors (Lipinski definition) is 7. The lowest BCUT2D eigenvalue weighted by Gasteiger charge is -2.05. The number of carbonyl (C=O) groups is 1. The summed E-state index contributed by atoms with van der Waals surface area (Å²) in [4.78, 5) is 12.7. The van der Waals surface area contributed by atoms with Gasteiger partial charge in [0.05, 0.1) is 10.6 Å². The van der Waals surface area contributed by atoms with E-state index >= 15 is 0 Å². The van der Waals surface area contributed by atoms with Crippen LogP contribution in [0.3, 0.4) is 0 Å². The first-order valence-corrected chi connectivity index (χ1v) is 8.67. The van der Waals surface area contributed by atoms with Crippen LogP contribution in [0.2, 0.25) is 0 Å². The second-order valence-electron chi connectivity index (χ2n) is 4.56. The summed E-state index contributed by atoms with van der Waals surface area (Å²) in [7, 11) is 0. The van der Waals surface area contributed by atoms with Crippen LogP contribution in [-0.4, -0.2) is 26.4 Å². The van der Waals surface area contributed by atoms with Crippen molar-refractivity contribution < 1.29 is 9.53 Å². The highest BCUT2D eigenvalue weighted by Gasteiger charge is 2.14. The van der Waals surface area contributed by atoms with Gasteiger partial charge in [-0.05, 0) is 23.6 Å². The van der Waals surface area contributed by atoms with Gasteiger partial charge in [0, 0.05) is 0 Å². The molecule has 9 heteroatoms. The second kappa shape index (κ2) is 8.86. The Labute approximate surface area is 157 Å². The Bertz CT molecular complexity index is 778. The highest BCUT2D eigenvalue weighted by Crippen LogP contribution is 2.19. The Kier molecular flexibility index (Phi) is 6.83. The quantitative estimate of drug-likeness (QED) is 0.354. The number of nitrogens with two attached hydrogens (primary N) is 1. The topological polar surface area (TPSA) is 83.0 Å². The van der Waals surface area contributed by atoms with Crippen molar-refractivity contribution in [2.75, 3.05) is 11.6 Å². The Hall–Kier alpha value is -1.84. The molecule has 0 saturated heterocycles.